The summed E-state index contributed by atoms with van der Waals surface area (Å²) in [5.41, 5.74) is 6.11. The predicted octanol–water partition coefficient (Wildman–Crippen LogP) is 5.33. The lowest BCUT2D eigenvalue weighted by Crippen LogP contribution is -2.20. The predicted molar refractivity (Wildman–Crippen MR) is 120 cm³/mol. The van der Waals surface area contributed by atoms with Crippen molar-refractivity contribution in [3.63, 3.8) is 0 Å². The first-order chi connectivity index (χ1) is 15.2. The number of rotatable bonds is 7. The molecule has 160 valence electrons. The number of carbonyl (C=O) groups excluding carboxylic acids is 1. The molecule has 0 fully saturated rings. The van der Waals surface area contributed by atoms with Gasteiger partial charge in [-0.2, -0.15) is 0 Å². The molecule has 4 nitrogen and oxygen atoms in total. The fourth-order valence-corrected chi connectivity index (χ4v) is 4.55. The largest absolute Gasteiger partial charge is 0.508 e. The lowest BCUT2D eigenvalue weighted by atomic mass is 9.69. The summed E-state index contributed by atoms with van der Waals surface area (Å²) in [6.07, 6.45) is 2.00. The molecule has 3 aromatic carbocycles. The zero-order chi connectivity index (χ0) is 21.6. The highest BCUT2D eigenvalue weighted by atomic mass is 16.6. The minimum absolute atomic E-state index is 0.0365. The number of esters is 1. The maximum absolute atomic E-state index is 11.4. The number of hydrogen-bond acceptors (Lipinski definition) is 4. The van der Waals surface area contributed by atoms with E-state index in [1.807, 2.05) is 6.07 Å². The summed E-state index contributed by atoms with van der Waals surface area (Å²) in [5.74, 6) is 0.585. The van der Waals surface area contributed by atoms with Crippen LogP contribution in [0.3, 0.4) is 0 Å². The van der Waals surface area contributed by atoms with Gasteiger partial charge in [0.1, 0.15) is 12.4 Å². The number of fused-ring (bicyclic) bond motifs is 1. The molecule has 0 saturated carbocycles. The summed E-state index contributed by atoms with van der Waals surface area (Å²) < 4.78 is 10.4. The second-order valence-electron chi connectivity index (χ2n) is 7.96. The average Bonchev–Trinajstić information content (AvgIpc) is 2.79. The molecule has 0 radical (unpaired) electrons. The molecule has 2 unspecified atom stereocenters. The molecule has 0 bridgehead atoms. The number of aromatic hydroxyl groups is 1. The normalized spacial score (nSPS) is 17.7. The summed E-state index contributed by atoms with van der Waals surface area (Å²) in [6.45, 7) is 2.48. The van der Waals surface area contributed by atoms with Gasteiger partial charge in [0, 0.05) is 5.92 Å². The number of phenolic OH excluding ortho intramolecular Hbond substituents is 1. The SMILES string of the molecule is CCOC(=O)COCc1ccc(C2c3ccc(O)cc3CCC2c2ccccc2)cc1. The highest BCUT2D eigenvalue weighted by molar-refractivity contribution is 5.70. The summed E-state index contributed by atoms with van der Waals surface area (Å²) in [4.78, 5) is 11.4. The molecule has 2 atom stereocenters. The van der Waals surface area contributed by atoms with E-state index < -0.39 is 0 Å². The van der Waals surface area contributed by atoms with Gasteiger partial charge in [-0.1, -0.05) is 60.7 Å². The molecule has 3 aromatic rings. The van der Waals surface area contributed by atoms with Crippen LogP contribution in [0.2, 0.25) is 0 Å². The van der Waals surface area contributed by atoms with Crippen molar-refractivity contribution in [1.82, 2.24) is 0 Å². The first kappa shape index (κ1) is 21.1. The van der Waals surface area contributed by atoms with Gasteiger partial charge in [-0.3, -0.25) is 0 Å². The maximum Gasteiger partial charge on any atom is 0.332 e. The van der Waals surface area contributed by atoms with E-state index in [1.165, 1.54) is 22.3 Å². The molecule has 0 saturated heterocycles. The van der Waals surface area contributed by atoms with Crippen LogP contribution in [-0.4, -0.2) is 24.3 Å². The maximum atomic E-state index is 11.4. The highest BCUT2D eigenvalue weighted by Gasteiger charge is 2.32. The second-order valence-corrected chi connectivity index (χ2v) is 7.96. The Bertz CT molecular complexity index is 1010. The fourth-order valence-electron chi connectivity index (χ4n) is 4.55. The first-order valence-electron chi connectivity index (χ1n) is 10.8. The number of hydrogen-bond donors (Lipinski definition) is 1. The summed E-state index contributed by atoms with van der Waals surface area (Å²) in [7, 11) is 0. The van der Waals surface area contributed by atoms with Gasteiger partial charge in [-0.25, -0.2) is 4.79 Å². The number of benzene rings is 3. The molecule has 0 spiro atoms. The molecule has 0 amide bonds. The Balaban J connectivity index is 1.58. The van der Waals surface area contributed by atoms with Crippen molar-refractivity contribution in [2.45, 2.75) is 38.2 Å². The molecule has 4 heteroatoms. The minimum Gasteiger partial charge on any atom is -0.508 e. The van der Waals surface area contributed by atoms with Gasteiger partial charge in [-0.05, 0) is 65.6 Å². The Kier molecular flexibility index (Phi) is 6.68. The van der Waals surface area contributed by atoms with Crippen molar-refractivity contribution in [3.8, 4) is 5.75 Å². The zero-order valence-corrected chi connectivity index (χ0v) is 17.8. The molecular weight excluding hydrogens is 388 g/mol. The van der Waals surface area contributed by atoms with E-state index in [0.717, 1.165) is 18.4 Å². The van der Waals surface area contributed by atoms with Gasteiger partial charge < -0.3 is 14.6 Å². The van der Waals surface area contributed by atoms with E-state index in [-0.39, 0.29) is 18.5 Å². The number of phenols is 1. The van der Waals surface area contributed by atoms with Crippen LogP contribution in [0.25, 0.3) is 0 Å². The third kappa shape index (κ3) is 4.97. The number of ether oxygens (including phenoxy) is 2. The first-order valence-corrected chi connectivity index (χ1v) is 10.8. The summed E-state index contributed by atoms with van der Waals surface area (Å²) >= 11 is 0. The van der Waals surface area contributed by atoms with E-state index in [0.29, 0.717) is 24.9 Å². The lowest BCUT2D eigenvalue weighted by Gasteiger charge is -2.35. The van der Waals surface area contributed by atoms with Crippen molar-refractivity contribution >= 4 is 5.97 Å². The molecule has 0 heterocycles. The quantitative estimate of drug-likeness (QED) is 0.529. The van der Waals surface area contributed by atoms with Crippen LogP contribution < -0.4 is 0 Å². The zero-order valence-electron chi connectivity index (χ0n) is 17.8. The minimum atomic E-state index is -0.341. The van der Waals surface area contributed by atoms with Gasteiger partial charge in [0.15, 0.2) is 0 Å². The smallest absolute Gasteiger partial charge is 0.332 e. The molecule has 1 aliphatic carbocycles. The van der Waals surface area contributed by atoms with E-state index >= 15 is 0 Å². The fraction of sp³-hybridized carbons (Fsp3) is 0.296. The van der Waals surface area contributed by atoms with E-state index in [9.17, 15) is 9.90 Å². The topological polar surface area (TPSA) is 55.8 Å². The van der Waals surface area contributed by atoms with Crippen LogP contribution in [0, 0.1) is 0 Å². The van der Waals surface area contributed by atoms with Crippen molar-refractivity contribution in [3.05, 3.63) is 101 Å². The Labute approximate surface area is 183 Å². The van der Waals surface area contributed by atoms with Crippen molar-refractivity contribution < 1.29 is 19.4 Å². The Morgan fingerprint density at radius 3 is 2.52 bits per heavy atom. The summed E-state index contributed by atoms with van der Waals surface area (Å²) in [6, 6.07) is 24.9. The Hall–Kier alpha value is -3.11. The molecular formula is C27H28O4. The molecule has 1 aliphatic rings. The van der Waals surface area contributed by atoms with Crippen LogP contribution >= 0.6 is 0 Å². The van der Waals surface area contributed by atoms with Crippen molar-refractivity contribution in [1.29, 1.82) is 0 Å². The standard InChI is InChI=1S/C27H28O4/c1-2-31-26(29)18-30-17-19-8-10-21(11-9-19)27-24(20-6-4-3-5-7-20)14-12-22-16-23(28)13-15-25(22)27/h3-11,13,15-16,24,27-28H,2,12,14,17-18H2,1H3. The van der Waals surface area contributed by atoms with Crippen LogP contribution in [0.5, 0.6) is 5.75 Å². The van der Waals surface area contributed by atoms with Crippen molar-refractivity contribution in [2.24, 2.45) is 0 Å². The van der Waals surface area contributed by atoms with Gasteiger partial charge >= 0.3 is 5.97 Å². The van der Waals surface area contributed by atoms with Gasteiger partial charge in [0.25, 0.3) is 0 Å². The molecule has 0 aliphatic heterocycles. The monoisotopic (exact) mass is 416 g/mol. The molecule has 1 N–H and O–H groups in total. The van der Waals surface area contributed by atoms with Crippen LogP contribution in [0.4, 0.5) is 0 Å². The molecule has 4 rings (SSSR count). The number of aryl methyl sites for hydroxylation is 1. The lowest BCUT2D eigenvalue weighted by molar-refractivity contribution is -0.148. The van der Waals surface area contributed by atoms with Crippen LogP contribution in [0.1, 0.15) is 53.0 Å². The van der Waals surface area contributed by atoms with Crippen LogP contribution in [-0.2, 0) is 27.3 Å². The van der Waals surface area contributed by atoms with E-state index in [1.54, 1.807) is 13.0 Å². The average molecular weight is 417 g/mol. The third-order valence-corrected chi connectivity index (χ3v) is 5.95. The second kappa shape index (κ2) is 9.80. The molecule has 31 heavy (non-hydrogen) atoms. The van der Waals surface area contributed by atoms with E-state index in [4.69, 9.17) is 9.47 Å². The van der Waals surface area contributed by atoms with Gasteiger partial charge in [0.05, 0.1) is 13.2 Å². The van der Waals surface area contributed by atoms with Crippen molar-refractivity contribution in [2.75, 3.05) is 13.2 Å². The summed E-state index contributed by atoms with van der Waals surface area (Å²) in [5, 5.41) is 9.97. The van der Waals surface area contributed by atoms with Gasteiger partial charge in [0.2, 0.25) is 0 Å². The third-order valence-electron chi connectivity index (χ3n) is 5.95. The van der Waals surface area contributed by atoms with Crippen LogP contribution in [0.15, 0.2) is 72.8 Å². The Morgan fingerprint density at radius 2 is 1.77 bits per heavy atom. The molecule has 0 aromatic heterocycles. The Morgan fingerprint density at radius 1 is 1.00 bits per heavy atom. The highest BCUT2D eigenvalue weighted by Crippen LogP contribution is 2.46. The van der Waals surface area contributed by atoms with Gasteiger partial charge in [-0.15, -0.1) is 0 Å². The van der Waals surface area contributed by atoms with E-state index in [2.05, 4.69) is 60.7 Å². The number of carbonyl (C=O) groups is 1.